The van der Waals surface area contributed by atoms with Crippen LogP contribution in [-0.4, -0.2) is 51.2 Å². The van der Waals surface area contributed by atoms with Crippen molar-refractivity contribution in [1.82, 2.24) is 10.6 Å². The van der Waals surface area contributed by atoms with Crippen LogP contribution in [0.5, 0.6) is 11.5 Å². The minimum absolute atomic E-state index is 0.0168. The zero-order valence-corrected chi connectivity index (χ0v) is 18.7. The van der Waals surface area contributed by atoms with Gasteiger partial charge in [-0.1, -0.05) is 44.5 Å². The van der Waals surface area contributed by atoms with Gasteiger partial charge in [-0.2, -0.15) is 0 Å². The van der Waals surface area contributed by atoms with Crippen molar-refractivity contribution in [2.24, 2.45) is 11.7 Å². The van der Waals surface area contributed by atoms with E-state index in [9.17, 15) is 29.7 Å². The highest BCUT2D eigenvalue weighted by Crippen LogP contribution is 2.14. The standard InChI is InChI=1S/C24H31N3O6/c1-3-14(2)21(27-22(30)19(25)12-15-4-8-17(28)9-5-15)23(31)26-20(24(32)33)13-16-6-10-18(29)11-7-16/h4-11,14,19-21,28-29H,3,12-13,25H2,1-2H3,(H,26,31)(H,27,30)(H,32,33)/t14-,19-,20-,21-/m0/s1. The summed E-state index contributed by atoms with van der Waals surface area (Å²) in [6, 6.07) is 9.23. The first-order valence-electron chi connectivity index (χ1n) is 10.8. The molecule has 0 spiro atoms. The second kappa shape index (κ2) is 11.9. The third-order valence-electron chi connectivity index (χ3n) is 5.51. The van der Waals surface area contributed by atoms with Gasteiger partial charge in [0.1, 0.15) is 23.6 Å². The van der Waals surface area contributed by atoms with Crippen molar-refractivity contribution in [2.45, 2.75) is 51.2 Å². The Morgan fingerprint density at radius 3 is 1.79 bits per heavy atom. The van der Waals surface area contributed by atoms with Gasteiger partial charge >= 0.3 is 5.97 Å². The molecule has 0 unspecified atom stereocenters. The van der Waals surface area contributed by atoms with Crippen molar-refractivity contribution < 1.29 is 29.7 Å². The average molecular weight is 458 g/mol. The Morgan fingerprint density at radius 1 is 0.848 bits per heavy atom. The molecule has 0 radical (unpaired) electrons. The van der Waals surface area contributed by atoms with Crippen LogP contribution < -0.4 is 16.4 Å². The van der Waals surface area contributed by atoms with E-state index in [1.54, 1.807) is 31.2 Å². The molecule has 0 saturated heterocycles. The van der Waals surface area contributed by atoms with Crippen LogP contribution in [0.25, 0.3) is 0 Å². The molecular weight excluding hydrogens is 426 g/mol. The molecule has 0 fully saturated rings. The third kappa shape index (κ3) is 7.80. The molecule has 2 aromatic carbocycles. The minimum Gasteiger partial charge on any atom is -0.508 e. The molecule has 7 N–H and O–H groups in total. The number of carboxylic acid groups (broad SMARTS) is 1. The summed E-state index contributed by atoms with van der Waals surface area (Å²) in [5.74, 6) is -2.47. The predicted molar refractivity (Wildman–Crippen MR) is 123 cm³/mol. The Hall–Kier alpha value is -3.59. The number of phenols is 2. The van der Waals surface area contributed by atoms with Crippen LogP contribution in [0.15, 0.2) is 48.5 Å². The molecular formula is C24H31N3O6. The number of amides is 2. The fourth-order valence-corrected chi connectivity index (χ4v) is 3.27. The summed E-state index contributed by atoms with van der Waals surface area (Å²) in [6.45, 7) is 3.64. The van der Waals surface area contributed by atoms with E-state index in [-0.39, 0.29) is 30.3 Å². The molecule has 0 heterocycles. The number of aromatic hydroxyl groups is 2. The van der Waals surface area contributed by atoms with Gasteiger partial charge in [0, 0.05) is 6.42 Å². The maximum Gasteiger partial charge on any atom is 0.326 e. The average Bonchev–Trinajstić information content (AvgIpc) is 2.78. The van der Waals surface area contributed by atoms with Crippen molar-refractivity contribution in [1.29, 1.82) is 0 Å². The summed E-state index contributed by atoms with van der Waals surface area (Å²) in [4.78, 5) is 37.4. The molecule has 178 valence electrons. The van der Waals surface area contributed by atoms with E-state index < -0.39 is 35.9 Å². The van der Waals surface area contributed by atoms with Crippen molar-refractivity contribution in [3.63, 3.8) is 0 Å². The monoisotopic (exact) mass is 457 g/mol. The van der Waals surface area contributed by atoms with Crippen molar-refractivity contribution in [3.05, 3.63) is 59.7 Å². The Labute approximate surface area is 192 Å². The second-order valence-corrected chi connectivity index (χ2v) is 8.12. The number of nitrogens with one attached hydrogen (secondary N) is 2. The van der Waals surface area contributed by atoms with Gasteiger partial charge in [0.2, 0.25) is 11.8 Å². The van der Waals surface area contributed by atoms with Gasteiger partial charge < -0.3 is 31.7 Å². The van der Waals surface area contributed by atoms with Gasteiger partial charge in [-0.05, 0) is 47.7 Å². The molecule has 9 nitrogen and oxygen atoms in total. The van der Waals surface area contributed by atoms with E-state index in [0.717, 1.165) is 5.56 Å². The molecule has 0 bridgehead atoms. The van der Waals surface area contributed by atoms with Crippen molar-refractivity contribution in [3.8, 4) is 11.5 Å². The number of benzene rings is 2. The maximum absolute atomic E-state index is 13.0. The molecule has 2 rings (SSSR count). The topological polar surface area (TPSA) is 162 Å². The van der Waals surface area contributed by atoms with Crippen molar-refractivity contribution >= 4 is 17.8 Å². The molecule has 0 saturated carbocycles. The first-order valence-corrected chi connectivity index (χ1v) is 10.8. The van der Waals surface area contributed by atoms with Gasteiger partial charge in [-0.15, -0.1) is 0 Å². The molecule has 33 heavy (non-hydrogen) atoms. The van der Waals surface area contributed by atoms with Gasteiger partial charge in [-0.3, -0.25) is 9.59 Å². The van der Waals surface area contributed by atoms with Crippen LogP contribution in [0.1, 0.15) is 31.4 Å². The second-order valence-electron chi connectivity index (χ2n) is 8.12. The molecule has 2 aromatic rings. The lowest BCUT2D eigenvalue weighted by molar-refractivity contribution is -0.142. The largest absolute Gasteiger partial charge is 0.508 e. The number of aliphatic carboxylic acids is 1. The third-order valence-corrected chi connectivity index (χ3v) is 5.51. The quantitative estimate of drug-likeness (QED) is 0.296. The lowest BCUT2D eigenvalue weighted by atomic mass is 9.96. The van der Waals surface area contributed by atoms with Crippen LogP contribution in [0, 0.1) is 5.92 Å². The maximum atomic E-state index is 13.0. The number of hydrogen-bond donors (Lipinski definition) is 6. The number of hydrogen-bond acceptors (Lipinski definition) is 6. The number of phenolic OH excluding ortho intramolecular Hbond substituents is 2. The summed E-state index contributed by atoms with van der Waals surface area (Å²) in [5, 5.41) is 33.5. The molecule has 4 atom stereocenters. The first kappa shape index (κ1) is 25.7. The lowest BCUT2D eigenvalue weighted by Gasteiger charge is -2.26. The highest BCUT2D eigenvalue weighted by Gasteiger charge is 2.31. The summed E-state index contributed by atoms with van der Waals surface area (Å²) >= 11 is 0. The first-order chi connectivity index (χ1) is 15.6. The number of nitrogens with two attached hydrogens (primary N) is 1. The number of carbonyl (C=O) groups is 3. The fraction of sp³-hybridized carbons (Fsp3) is 0.375. The molecule has 2 amide bonds. The molecule has 9 heteroatoms. The summed E-state index contributed by atoms with van der Waals surface area (Å²) < 4.78 is 0. The normalized spacial score (nSPS) is 14.5. The Bertz CT molecular complexity index is 946. The molecule has 0 aliphatic carbocycles. The van der Waals surface area contributed by atoms with Gasteiger partial charge in [0.05, 0.1) is 6.04 Å². The number of carbonyl (C=O) groups excluding carboxylic acids is 2. The van der Waals surface area contributed by atoms with Crippen LogP contribution in [-0.2, 0) is 27.2 Å². The smallest absolute Gasteiger partial charge is 0.326 e. The Morgan fingerprint density at radius 2 is 1.33 bits per heavy atom. The fourth-order valence-electron chi connectivity index (χ4n) is 3.27. The number of carboxylic acids is 1. The highest BCUT2D eigenvalue weighted by molar-refractivity contribution is 5.92. The van der Waals surface area contributed by atoms with E-state index in [1.807, 2.05) is 6.92 Å². The van der Waals surface area contributed by atoms with Crippen LogP contribution in [0.2, 0.25) is 0 Å². The molecule has 0 aromatic heterocycles. The van der Waals surface area contributed by atoms with Gasteiger partial charge in [-0.25, -0.2) is 4.79 Å². The summed E-state index contributed by atoms with van der Waals surface area (Å²) in [5.41, 5.74) is 7.40. The summed E-state index contributed by atoms with van der Waals surface area (Å²) in [6.07, 6.45) is 0.795. The van der Waals surface area contributed by atoms with E-state index in [1.165, 1.54) is 24.3 Å². The zero-order valence-electron chi connectivity index (χ0n) is 18.7. The Balaban J connectivity index is 2.07. The van der Waals surface area contributed by atoms with Crippen LogP contribution >= 0.6 is 0 Å². The Kier molecular flexibility index (Phi) is 9.23. The van der Waals surface area contributed by atoms with Gasteiger partial charge in [0.15, 0.2) is 0 Å². The highest BCUT2D eigenvalue weighted by atomic mass is 16.4. The van der Waals surface area contributed by atoms with Crippen LogP contribution in [0.3, 0.4) is 0 Å². The van der Waals surface area contributed by atoms with Crippen LogP contribution in [0.4, 0.5) is 0 Å². The minimum atomic E-state index is -1.21. The molecule has 0 aliphatic heterocycles. The van der Waals surface area contributed by atoms with Crippen molar-refractivity contribution in [2.75, 3.05) is 0 Å². The van der Waals surface area contributed by atoms with E-state index >= 15 is 0 Å². The summed E-state index contributed by atoms with van der Waals surface area (Å²) in [7, 11) is 0. The predicted octanol–water partition coefficient (Wildman–Crippen LogP) is 1.31. The SMILES string of the molecule is CC[C@H](C)[C@H](NC(=O)[C@@H](N)Cc1ccc(O)cc1)C(=O)N[C@@H](Cc1ccc(O)cc1)C(=O)O. The van der Waals surface area contributed by atoms with Gasteiger partial charge in [0.25, 0.3) is 0 Å². The molecule has 0 aliphatic rings. The zero-order chi connectivity index (χ0) is 24.5. The lowest BCUT2D eigenvalue weighted by Crippen LogP contribution is -2.57. The van der Waals surface area contributed by atoms with E-state index in [4.69, 9.17) is 5.73 Å². The van der Waals surface area contributed by atoms with E-state index in [0.29, 0.717) is 12.0 Å². The van der Waals surface area contributed by atoms with E-state index in [2.05, 4.69) is 10.6 Å². The number of rotatable bonds is 11.